The fourth-order valence-corrected chi connectivity index (χ4v) is 4.22. The molecule has 0 saturated carbocycles. The standard InChI is InChI=1S/C20H20ClN3O7S/c1-2-31-19(26)11-18-23(12-17(25)22-5-7-30-8-6-22)20(27)16(32-18)10-13-9-14(24(28)29)3-4-15(13)21/h3-4,9-11H,2,5-8,12H2,1H3/b16-10-,18-11-. The maximum absolute atomic E-state index is 13.1. The Kier molecular flexibility index (Phi) is 7.78. The number of esters is 1. The highest BCUT2D eigenvalue weighted by atomic mass is 35.5. The molecular formula is C20H20ClN3O7S. The van der Waals surface area contributed by atoms with E-state index < -0.39 is 16.5 Å². The maximum Gasteiger partial charge on any atom is 0.333 e. The number of carbonyl (C=O) groups excluding carboxylic acids is 2. The molecule has 1 fully saturated rings. The summed E-state index contributed by atoms with van der Waals surface area (Å²) in [7, 11) is 0. The van der Waals surface area contributed by atoms with Gasteiger partial charge in [-0.1, -0.05) is 11.6 Å². The van der Waals surface area contributed by atoms with Gasteiger partial charge in [0.2, 0.25) is 5.91 Å². The minimum Gasteiger partial charge on any atom is -0.463 e. The summed E-state index contributed by atoms with van der Waals surface area (Å²) in [5, 5.41) is 11.3. The molecule has 1 amide bonds. The van der Waals surface area contributed by atoms with Crippen molar-refractivity contribution in [3.63, 3.8) is 0 Å². The summed E-state index contributed by atoms with van der Waals surface area (Å²) in [4.78, 5) is 49.9. The van der Waals surface area contributed by atoms with Crippen molar-refractivity contribution in [3.05, 3.63) is 58.4 Å². The molecule has 1 aromatic carbocycles. The molecule has 32 heavy (non-hydrogen) atoms. The fraction of sp³-hybridized carbons (Fsp3) is 0.350. The Hall–Kier alpha value is -3.02. The Morgan fingerprint density at radius 3 is 2.72 bits per heavy atom. The SMILES string of the molecule is CCOC(=O)/C=c1\s/c(=C\c2cc([N+](=O)[O-])ccc2Cl)c(=O)n1CC(=O)N1CCOCC1. The number of aromatic nitrogens is 1. The number of carbonyl (C=O) groups is 2. The van der Waals surface area contributed by atoms with Crippen LogP contribution in [-0.2, 0) is 25.6 Å². The number of hydrogen-bond acceptors (Lipinski definition) is 8. The number of nitro groups is 1. The van der Waals surface area contributed by atoms with E-state index in [1.54, 1.807) is 11.8 Å². The fourth-order valence-electron chi connectivity index (χ4n) is 3.02. The lowest BCUT2D eigenvalue weighted by Crippen LogP contribution is -2.45. The summed E-state index contributed by atoms with van der Waals surface area (Å²) in [6.07, 6.45) is 2.55. The maximum atomic E-state index is 13.1. The van der Waals surface area contributed by atoms with Crippen LogP contribution in [0.4, 0.5) is 5.69 Å². The van der Waals surface area contributed by atoms with Gasteiger partial charge in [0.1, 0.15) is 11.2 Å². The number of halogens is 1. The van der Waals surface area contributed by atoms with Gasteiger partial charge < -0.3 is 14.4 Å². The van der Waals surface area contributed by atoms with Crippen molar-refractivity contribution in [2.24, 2.45) is 0 Å². The van der Waals surface area contributed by atoms with E-state index in [1.165, 1.54) is 28.8 Å². The van der Waals surface area contributed by atoms with Crippen LogP contribution in [0.2, 0.25) is 5.02 Å². The van der Waals surface area contributed by atoms with E-state index >= 15 is 0 Å². The number of thiazole rings is 1. The van der Waals surface area contributed by atoms with Crippen LogP contribution in [-0.4, -0.2) is 59.2 Å². The molecule has 0 aliphatic carbocycles. The van der Waals surface area contributed by atoms with Crippen molar-refractivity contribution in [1.29, 1.82) is 0 Å². The van der Waals surface area contributed by atoms with Gasteiger partial charge in [-0.2, -0.15) is 0 Å². The lowest BCUT2D eigenvalue weighted by molar-refractivity contribution is -0.384. The molecule has 0 N–H and O–H groups in total. The Morgan fingerprint density at radius 1 is 1.34 bits per heavy atom. The van der Waals surface area contributed by atoms with Crippen molar-refractivity contribution in [3.8, 4) is 0 Å². The zero-order valence-electron chi connectivity index (χ0n) is 17.1. The zero-order valence-corrected chi connectivity index (χ0v) is 18.7. The van der Waals surface area contributed by atoms with Gasteiger partial charge in [0.25, 0.3) is 11.2 Å². The molecule has 1 aliphatic rings. The highest BCUT2D eigenvalue weighted by molar-refractivity contribution is 7.07. The highest BCUT2D eigenvalue weighted by Crippen LogP contribution is 2.22. The Bertz CT molecular complexity index is 1210. The summed E-state index contributed by atoms with van der Waals surface area (Å²) in [6, 6.07) is 3.87. The molecule has 0 unspecified atom stereocenters. The van der Waals surface area contributed by atoms with Crippen molar-refractivity contribution in [1.82, 2.24) is 9.47 Å². The number of hydrogen-bond donors (Lipinski definition) is 0. The summed E-state index contributed by atoms with van der Waals surface area (Å²) in [6.45, 7) is 3.19. The molecule has 10 nitrogen and oxygen atoms in total. The molecule has 170 valence electrons. The van der Waals surface area contributed by atoms with Crippen LogP contribution in [0.15, 0.2) is 23.0 Å². The second kappa shape index (κ2) is 10.5. The van der Waals surface area contributed by atoms with E-state index in [2.05, 4.69) is 0 Å². The quantitative estimate of drug-likeness (QED) is 0.334. The monoisotopic (exact) mass is 481 g/mol. The lowest BCUT2D eigenvalue weighted by Gasteiger charge is -2.26. The predicted octanol–water partition coefficient (Wildman–Crippen LogP) is 0.503. The number of non-ortho nitro benzene ring substituents is 1. The number of nitrogens with zero attached hydrogens (tertiary/aromatic N) is 3. The molecule has 2 aromatic rings. The van der Waals surface area contributed by atoms with Crippen LogP contribution < -0.4 is 14.8 Å². The Labute approximate surface area is 191 Å². The average molecular weight is 482 g/mol. The molecule has 0 bridgehead atoms. The third-order valence-electron chi connectivity index (χ3n) is 4.60. The van der Waals surface area contributed by atoms with E-state index in [9.17, 15) is 24.5 Å². The van der Waals surface area contributed by atoms with E-state index in [0.717, 1.165) is 17.4 Å². The lowest BCUT2D eigenvalue weighted by atomic mass is 10.2. The molecule has 0 radical (unpaired) electrons. The minimum atomic E-state index is -0.652. The second-order valence-electron chi connectivity index (χ2n) is 6.69. The molecule has 0 spiro atoms. The van der Waals surface area contributed by atoms with Gasteiger partial charge in [-0.05, 0) is 19.1 Å². The van der Waals surface area contributed by atoms with Crippen molar-refractivity contribution in [2.75, 3.05) is 32.9 Å². The van der Waals surface area contributed by atoms with Gasteiger partial charge in [-0.25, -0.2) is 4.79 Å². The first-order chi connectivity index (χ1) is 15.3. The molecular weight excluding hydrogens is 462 g/mol. The smallest absolute Gasteiger partial charge is 0.333 e. The van der Waals surface area contributed by atoms with E-state index in [1.807, 2.05) is 0 Å². The first kappa shape index (κ1) is 23.6. The summed E-state index contributed by atoms with van der Waals surface area (Å²) in [5.41, 5.74) is -0.429. The van der Waals surface area contributed by atoms with Crippen molar-refractivity contribution in [2.45, 2.75) is 13.5 Å². The molecule has 1 aromatic heterocycles. The van der Waals surface area contributed by atoms with Crippen LogP contribution in [0.1, 0.15) is 12.5 Å². The van der Waals surface area contributed by atoms with Crippen LogP contribution in [0, 0.1) is 10.1 Å². The van der Waals surface area contributed by atoms with E-state index in [-0.39, 0.29) is 44.5 Å². The number of morpholine rings is 1. The molecule has 0 atom stereocenters. The van der Waals surface area contributed by atoms with E-state index in [0.29, 0.717) is 26.3 Å². The van der Waals surface area contributed by atoms with Crippen molar-refractivity contribution >= 4 is 52.7 Å². The normalized spacial score (nSPS) is 15.1. The Balaban J connectivity index is 2.09. The van der Waals surface area contributed by atoms with Crippen LogP contribution in [0.3, 0.4) is 0 Å². The largest absolute Gasteiger partial charge is 0.463 e. The summed E-state index contributed by atoms with van der Waals surface area (Å²) in [5.74, 6) is -0.937. The second-order valence-corrected chi connectivity index (χ2v) is 8.16. The number of nitro benzene ring substituents is 1. The molecule has 1 aliphatic heterocycles. The minimum absolute atomic E-state index is 0.153. The van der Waals surface area contributed by atoms with Crippen molar-refractivity contribution < 1.29 is 24.0 Å². The number of amides is 1. The van der Waals surface area contributed by atoms with Crippen LogP contribution in [0.5, 0.6) is 0 Å². The van der Waals surface area contributed by atoms with Gasteiger partial charge in [0.05, 0.1) is 35.4 Å². The molecule has 12 heteroatoms. The number of ether oxygens (including phenoxy) is 2. The summed E-state index contributed by atoms with van der Waals surface area (Å²) < 4.78 is 11.8. The third kappa shape index (κ3) is 5.61. The summed E-state index contributed by atoms with van der Waals surface area (Å²) >= 11 is 7.11. The van der Waals surface area contributed by atoms with Gasteiger partial charge in [0.15, 0.2) is 0 Å². The van der Waals surface area contributed by atoms with Gasteiger partial charge in [-0.3, -0.25) is 24.3 Å². The van der Waals surface area contributed by atoms with Gasteiger partial charge >= 0.3 is 5.97 Å². The zero-order chi connectivity index (χ0) is 23.3. The molecule has 3 rings (SSSR count). The predicted molar refractivity (Wildman–Crippen MR) is 118 cm³/mol. The molecule has 1 saturated heterocycles. The Morgan fingerprint density at radius 2 is 2.06 bits per heavy atom. The van der Waals surface area contributed by atoms with E-state index in [4.69, 9.17) is 21.1 Å². The van der Waals surface area contributed by atoms with Gasteiger partial charge in [-0.15, -0.1) is 11.3 Å². The van der Waals surface area contributed by atoms with Crippen LogP contribution >= 0.6 is 22.9 Å². The number of rotatable bonds is 6. The average Bonchev–Trinajstić information content (AvgIpc) is 3.04. The molecule has 2 heterocycles. The van der Waals surface area contributed by atoms with Crippen LogP contribution in [0.25, 0.3) is 12.2 Å². The third-order valence-corrected chi connectivity index (χ3v) is 6.00. The topological polar surface area (TPSA) is 121 Å². The first-order valence-electron chi connectivity index (χ1n) is 9.69. The number of benzene rings is 1. The first-order valence-corrected chi connectivity index (χ1v) is 10.9. The van der Waals surface area contributed by atoms with Gasteiger partial charge in [0, 0.05) is 35.8 Å². The highest BCUT2D eigenvalue weighted by Gasteiger charge is 2.19.